The Hall–Kier alpha value is -3.33. The Morgan fingerprint density at radius 2 is 1.70 bits per heavy atom. The molecular weight excluding hydrogens is 368 g/mol. The van der Waals surface area contributed by atoms with E-state index in [-0.39, 0.29) is 11.3 Å². The van der Waals surface area contributed by atoms with E-state index in [9.17, 15) is 18.0 Å². The van der Waals surface area contributed by atoms with Gasteiger partial charge in [0.2, 0.25) is 5.91 Å². The number of hydrogen-bond donors (Lipinski definition) is 4. The van der Waals surface area contributed by atoms with Gasteiger partial charge in [-0.2, -0.15) is 0 Å². The van der Waals surface area contributed by atoms with Crippen LogP contribution in [0.5, 0.6) is 0 Å². The first kappa shape index (κ1) is 18.5. The Morgan fingerprint density at radius 3 is 2.44 bits per heavy atom. The monoisotopic (exact) mass is 386 g/mol. The second kappa shape index (κ2) is 7.50. The second-order valence-electron chi connectivity index (χ2n) is 5.96. The van der Waals surface area contributed by atoms with Crippen LogP contribution in [-0.4, -0.2) is 25.3 Å². The molecule has 3 aromatic rings. The third-order valence-corrected chi connectivity index (χ3v) is 5.25. The van der Waals surface area contributed by atoms with Crippen LogP contribution in [0.3, 0.4) is 0 Å². The van der Waals surface area contributed by atoms with Crippen molar-refractivity contribution in [3.63, 3.8) is 0 Å². The van der Waals surface area contributed by atoms with Crippen LogP contribution in [0.25, 0.3) is 10.9 Å². The first-order chi connectivity index (χ1) is 12.8. The van der Waals surface area contributed by atoms with E-state index < -0.39 is 22.0 Å². The molecule has 0 radical (unpaired) electrons. The van der Waals surface area contributed by atoms with Crippen LogP contribution in [0.2, 0.25) is 0 Å². The number of aromatic nitrogens is 1. The maximum atomic E-state index is 12.1. The number of sulfonamides is 1. The largest absolute Gasteiger partial charge is 0.361 e. The molecule has 0 saturated heterocycles. The standard InChI is InChI=1S/C18H18N4O4S/c1-12-6-8-14(9-7-12)27(25,26)22-18(24)21-20-17(23)10-13-11-19-16-5-3-2-4-15(13)16/h2-9,11,19H,10H2,1H3,(H,20,23)(H2,21,22,24). The number of urea groups is 1. The van der Waals surface area contributed by atoms with E-state index in [0.717, 1.165) is 22.0 Å². The van der Waals surface area contributed by atoms with Crippen molar-refractivity contribution in [1.29, 1.82) is 0 Å². The number of nitrogens with one attached hydrogen (secondary N) is 4. The van der Waals surface area contributed by atoms with Gasteiger partial charge in [0, 0.05) is 17.1 Å². The zero-order valence-corrected chi connectivity index (χ0v) is 15.3. The summed E-state index contributed by atoms with van der Waals surface area (Å²) in [5.74, 6) is -0.484. The Morgan fingerprint density at radius 1 is 1.00 bits per heavy atom. The molecule has 1 heterocycles. The van der Waals surface area contributed by atoms with Crippen LogP contribution < -0.4 is 15.6 Å². The number of rotatable bonds is 4. The Kier molecular flexibility index (Phi) is 5.13. The average molecular weight is 386 g/mol. The normalized spacial score (nSPS) is 11.1. The first-order valence-electron chi connectivity index (χ1n) is 8.08. The van der Waals surface area contributed by atoms with Crippen molar-refractivity contribution in [2.45, 2.75) is 18.2 Å². The van der Waals surface area contributed by atoms with E-state index in [0.29, 0.717) is 0 Å². The highest BCUT2D eigenvalue weighted by Gasteiger charge is 2.18. The summed E-state index contributed by atoms with van der Waals surface area (Å²) in [7, 11) is -4.02. The van der Waals surface area contributed by atoms with Crippen LogP contribution in [0.1, 0.15) is 11.1 Å². The summed E-state index contributed by atoms with van der Waals surface area (Å²) in [4.78, 5) is 26.8. The van der Waals surface area contributed by atoms with Gasteiger partial charge in [-0.3, -0.25) is 10.2 Å². The van der Waals surface area contributed by atoms with Gasteiger partial charge in [0.25, 0.3) is 10.0 Å². The van der Waals surface area contributed by atoms with Gasteiger partial charge in [-0.25, -0.2) is 23.4 Å². The molecule has 0 spiro atoms. The average Bonchev–Trinajstić information content (AvgIpc) is 3.03. The summed E-state index contributed by atoms with van der Waals surface area (Å²) in [6, 6.07) is 12.5. The number of H-pyrrole nitrogens is 1. The topological polar surface area (TPSA) is 120 Å². The van der Waals surface area contributed by atoms with E-state index in [2.05, 4.69) is 10.4 Å². The van der Waals surface area contributed by atoms with Crippen molar-refractivity contribution < 1.29 is 18.0 Å². The molecule has 9 heteroatoms. The van der Waals surface area contributed by atoms with Gasteiger partial charge in [-0.05, 0) is 30.7 Å². The number of aryl methyl sites for hydroxylation is 1. The quantitative estimate of drug-likeness (QED) is 0.511. The molecular formula is C18H18N4O4S. The summed E-state index contributed by atoms with van der Waals surface area (Å²) >= 11 is 0. The molecule has 0 atom stereocenters. The van der Waals surface area contributed by atoms with Crippen LogP contribution in [0.4, 0.5) is 4.79 Å². The lowest BCUT2D eigenvalue weighted by Gasteiger charge is -2.10. The van der Waals surface area contributed by atoms with Crippen molar-refractivity contribution in [2.75, 3.05) is 0 Å². The summed E-state index contributed by atoms with van der Waals surface area (Å²) in [5.41, 5.74) is 6.78. The summed E-state index contributed by atoms with van der Waals surface area (Å²) < 4.78 is 26.1. The van der Waals surface area contributed by atoms with Crippen LogP contribution in [0.15, 0.2) is 59.6 Å². The molecule has 0 aliphatic heterocycles. The molecule has 140 valence electrons. The van der Waals surface area contributed by atoms with Gasteiger partial charge in [0.1, 0.15) is 0 Å². The molecule has 3 amide bonds. The fourth-order valence-corrected chi connectivity index (χ4v) is 3.45. The molecule has 0 saturated carbocycles. The molecule has 0 fully saturated rings. The lowest BCUT2D eigenvalue weighted by Crippen LogP contribution is -2.48. The highest BCUT2D eigenvalue weighted by atomic mass is 32.2. The fourth-order valence-electron chi connectivity index (χ4n) is 2.55. The van der Waals surface area contributed by atoms with Gasteiger partial charge in [0.05, 0.1) is 11.3 Å². The van der Waals surface area contributed by atoms with E-state index in [1.165, 1.54) is 12.1 Å². The van der Waals surface area contributed by atoms with Crippen LogP contribution in [-0.2, 0) is 21.2 Å². The molecule has 1 aromatic heterocycles. The number of benzene rings is 2. The molecule has 2 aromatic carbocycles. The summed E-state index contributed by atoms with van der Waals surface area (Å²) in [5, 5.41) is 0.902. The minimum atomic E-state index is -4.02. The highest BCUT2D eigenvalue weighted by Crippen LogP contribution is 2.17. The molecule has 4 N–H and O–H groups in total. The van der Waals surface area contributed by atoms with Crippen molar-refractivity contribution in [3.05, 3.63) is 65.9 Å². The number of hydrogen-bond acceptors (Lipinski definition) is 4. The summed E-state index contributed by atoms with van der Waals surface area (Å²) in [6.45, 7) is 1.82. The number of amides is 3. The fraction of sp³-hybridized carbons (Fsp3) is 0.111. The molecule has 0 bridgehead atoms. The zero-order valence-electron chi connectivity index (χ0n) is 14.4. The lowest BCUT2D eigenvalue weighted by atomic mass is 10.1. The molecule has 8 nitrogen and oxygen atoms in total. The van der Waals surface area contributed by atoms with Gasteiger partial charge in [-0.15, -0.1) is 0 Å². The zero-order chi connectivity index (χ0) is 19.4. The Labute approximate surface area is 156 Å². The molecule has 0 unspecified atom stereocenters. The Balaban J connectivity index is 1.55. The van der Waals surface area contributed by atoms with Crippen LogP contribution >= 0.6 is 0 Å². The van der Waals surface area contributed by atoms with Crippen molar-refractivity contribution in [3.8, 4) is 0 Å². The van der Waals surface area contributed by atoms with Crippen molar-refractivity contribution in [2.24, 2.45) is 0 Å². The van der Waals surface area contributed by atoms with Crippen LogP contribution in [0, 0.1) is 6.92 Å². The van der Waals surface area contributed by atoms with E-state index in [1.54, 1.807) is 18.3 Å². The van der Waals surface area contributed by atoms with Gasteiger partial charge in [-0.1, -0.05) is 35.9 Å². The maximum absolute atomic E-state index is 12.1. The minimum Gasteiger partial charge on any atom is -0.361 e. The molecule has 0 aliphatic carbocycles. The Bertz CT molecular complexity index is 1090. The molecule has 0 aliphatic rings. The van der Waals surface area contributed by atoms with Crippen molar-refractivity contribution in [1.82, 2.24) is 20.6 Å². The predicted molar refractivity (Wildman–Crippen MR) is 100 cm³/mol. The van der Waals surface area contributed by atoms with E-state index in [4.69, 9.17) is 0 Å². The van der Waals surface area contributed by atoms with E-state index in [1.807, 2.05) is 41.3 Å². The molecule has 3 rings (SSSR count). The smallest absolute Gasteiger partial charge is 0.347 e. The SMILES string of the molecule is Cc1ccc(S(=O)(=O)NC(=O)NNC(=O)Cc2c[nH]c3ccccc23)cc1. The number of hydrazine groups is 1. The third kappa shape index (κ3) is 4.45. The second-order valence-corrected chi connectivity index (χ2v) is 7.64. The number of carbonyl (C=O) groups is 2. The lowest BCUT2D eigenvalue weighted by molar-refractivity contribution is -0.121. The van der Waals surface area contributed by atoms with Gasteiger partial charge >= 0.3 is 6.03 Å². The highest BCUT2D eigenvalue weighted by molar-refractivity contribution is 7.90. The minimum absolute atomic E-state index is 0.0228. The predicted octanol–water partition coefficient (Wildman–Crippen LogP) is 1.74. The molecule has 27 heavy (non-hydrogen) atoms. The number of carbonyl (C=O) groups excluding carboxylic acids is 2. The third-order valence-electron chi connectivity index (χ3n) is 3.90. The first-order valence-corrected chi connectivity index (χ1v) is 9.57. The van der Waals surface area contributed by atoms with E-state index >= 15 is 0 Å². The maximum Gasteiger partial charge on any atom is 0.347 e. The van der Waals surface area contributed by atoms with Gasteiger partial charge in [0.15, 0.2) is 0 Å². The van der Waals surface area contributed by atoms with Crippen molar-refractivity contribution >= 4 is 32.9 Å². The number of fused-ring (bicyclic) bond motifs is 1. The number of para-hydroxylation sites is 1. The summed E-state index contributed by atoms with van der Waals surface area (Å²) in [6.07, 6.45) is 1.74. The van der Waals surface area contributed by atoms with Gasteiger partial charge < -0.3 is 4.98 Å². The number of aromatic amines is 1.